The van der Waals surface area contributed by atoms with E-state index in [9.17, 15) is 10.1 Å². The van der Waals surface area contributed by atoms with Crippen molar-refractivity contribution in [2.45, 2.75) is 20.0 Å². The topological polar surface area (TPSA) is 52.4 Å². The van der Waals surface area contributed by atoms with Gasteiger partial charge in [0.2, 0.25) is 0 Å². The molecule has 0 radical (unpaired) electrons. The molecule has 0 unspecified atom stereocenters. The van der Waals surface area contributed by atoms with Crippen molar-refractivity contribution >= 4 is 53.5 Å². The molecule has 4 aromatic carbocycles. The second kappa shape index (κ2) is 14.4. The van der Waals surface area contributed by atoms with Crippen LogP contribution in [0.1, 0.15) is 19.4 Å². The van der Waals surface area contributed by atoms with Crippen LogP contribution in [0.3, 0.4) is 0 Å². The van der Waals surface area contributed by atoms with Crippen LogP contribution in [0, 0.1) is 10.1 Å². The van der Waals surface area contributed by atoms with Gasteiger partial charge in [0.25, 0.3) is 0 Å². The van der Waals surface area contributed by atoms with Crippen LogP contribution >= 0.6 is 27.3 Å². The van der Waals surface area contributed by atoms with Gasteiger partial charge < -0.3 is 0 Å². The van der Waals surface area contributed by atoms with Crippen LogP contribution in [-0.4, -0.2) is 15.6 Å². The van der Waals surface area contributed by atoms with Crippen LogP contribution < -0.4 is 20.7 Å². The fraction of sp³-hybridized carbons (Fsp3) is 0.107. The first kappa shape index (κ1) is 28.2. The predicted octanol–water partition coefficient (Wildman–Crippen LogP) is 6.64. The van der Waals surface area contributed by atoms with Gasteiger partial charge in [0.1, 0.15) is 15.9 Å². The van der Waals surface area contributed by atoms with E-state index < -0.39 is 26.4 Å². The fourth-order valence-electron chi connectivity index (χ4n) is 3.49. The van der Waals surface area contributed by atoms with Gasteiger partial charge in [0.15, 0.2) is 0 Å². The van der Waals surface area contributed by atoms with Crippen molar-refractivity contribution in [2.24, 2.45) is 0 Å². The van der Waals surface area contributed by atoms with E-state index in [1.807, 2.05) is 13.8 Å². The third kappa shape index (κ3) is 8.61. The molecule has 0 bridgehead atoms. The van der Waals surface area contributed by atoms with E-state index in [2.05, 4.69) is 91.0 Å². The van der Waals surface area contributed by atoms with Crippen molar-refractivity contribution in [3.8, 4) is 5.75 Å². The van der Waals surface area contributed by atoms with Crippen LogP contribution in [0.5, 0.6) is 5.75 Å². The van der Waals surface area contributed by atoms with Crippen molar-refractivity contribution in [3.05, 3.63) is 125 Å². The van der Waals surface area contributed by atoms with Crippen molar-refractivity contribution in [2.75, 3.05) is 0 Å². The Morgan fingerprint density at radius 3 is 1.61 bits per heavy atom. The first-order valence-electron chi connectivity index (χ1n) is 11.2. The van der Waals surface area contributed by atoms with Gasteiger partial charge in [-0.2, -0.15) is 0 Å². The molecule has 0 saturated heterocycles. The number of non-ortho nitro benzene ring substituents is 1. The molecule has 0 fully saturated rings. The van der Waals surface area contributed by atoms with E-state index in [1.54, 1.807) is 10.7 Å². The average Bonchev–Trinajstić information content (AvgIpc) is 2.87. The zero-order valence-electron chi connectivity index (χ0n) is 19.8. The molecular formula is C28H27Cl2NO3PRu+. The minimum atomic E-state index is -2.05. The number of hydrogen-bond donors (Lipinski definition) is 0. The largest absolute Gasteiger partial charge is 0.102 e. The Hall–Kier alpha value is -2.42. The first-order chi connectivity index (χ1) is 17.3. The van der Waals surface area contributed by atoms with Gasteiger partial charge in [0.05, 0.1) is 7.92 Å². The smallest absolute Gasteiger partial charge is 0.0620 e. The van der Waals surface area contributed by atoms with E-state index in [0.717, 1.165) is 0 Å². The minimum Gasteiger partial charge on any atom is -0.0620 e. The molecule has 4 nitrogen and oxygen atoms in total. The maximum absolute atomic E-state index is 10.7. The predicted molar refractivity (Wildman–Crippen MR) is 152 cm³/mol. The summed E-state index contributed by atoms with van der Waals surface area (Å²) in [4.78, 5) is 10.2. The summed E-state index contributed by atoms with van der Waals surface area (Å²) in [7, 11) is 10.7. The maximum Gasteiger partial charge on any atom is 0.102 e. The summed E-state index contributed by atoms with van der Waals surface area (Å²) in [6.07, 6.45) is -0.0186. The summed E-state index contributed by atoms with van der Waals surface area (Å²) >= 11 is -2.05. The molecule has 0 amide bonds. The van der Waals surface area contributed by atoms with E-state index in [1.165, 1.54) is 28.0 Å². The molecule has 0 aliphatic rings. The summed E-state index contributed by atoms with van der Waals surface area (Å²) in [5.41, 5.74) is 0.577. The number of nitrogens with zero attached hydrogens (tertiary/aromatic N) is 1. The Bertz CT molecular complexity index is 1190. The van der Waals surface area contributed by atoms with Crippen LogP contribution in [0.25, 0.3) is 0 Å². The standard InChI is InChI=1S/C18H15P.C10H11NO3.2ClH.Ru/c1-4-10-16(11-5-1)19(17-12-6-2-7-13-17)18-14-8-3-9-15-18;1-7(2)14-10-5-4-9(11(12)13)6-8(10)3;;;/h1-15H;3-7H,1-2H3;2*1H;/q;;;;+2/p-1. The first-order valence-corrected chi connectivity index (χ1v) is 18.1. The number of nitro benzene ring substituents is 1. The minimum absolute atomic E-state index is 0.00360. The Balaban J connectivity index is 0.000000202. The molecule has 4 rings (SSSR count). The van der Waals surface area contributed by atoms with E-state index in [0.29, 0.717) is 11.3 Å². The molecule has 8 heteroatoms. The Morgan fingerprint density at radius 2 is 1.25 bits per heavy atom. The van der Waals surface area contributed by atoms with Crippen molar-refractivity contribution in [1.82, 2.24) is 0 Å². The molecule has 0 aromatic heterocycles. The monoisotopic (exact) mass is 628 g/mol. The van der Waals surface area contributed by atoms with E-state index in [4.69, 9.17) is 24.1 Å². The summed E-state index contributed by atoms with van der Waals surface area (Å²) < 4.78 is 7.17. The third-order valence-corrected chi connectivity index (χ3v) is 9.51. The molecule has 4 aromatic rings. The van der Waals surface area contributed by atoms with Gasteiger partial charge in [-0.15, -0.1) is 0 Å². The summed E-state index contributed by atoms with van der Waals surface area (Å²) in [6.45, 7) is 3.75. The van der Waals surface area contributed by atoms with Gasteiger partial charge in [-0.05, 0) is 36.4 Å². The molecule has 0 aliphatic carbocycles. The summed E-state index contributed by atoms with van der Waals surface area (Å²) in [5.74, 6) is 0.561. The Labute approximate surface area is 226 Å². The van der Waals surface area contributed by atoms with E-state index >= 15 is 0 Å². The molecule has 0 saturated carbocycles. The number of rotatable bonds is 7. The van der Waals surface area contributed by atoms with Gasteiger partial charge in [-0.3, -0.25) is 0 Å². The summed E-state index contributed by atoms with van der Waals surface area (Å²) in [5, 5.41) is 15.0. The molecule has 0 aliphatic heterocycles. The average molecular weight is 628 g/mol. The van der Waals surface area contributed by atoms with Crippen molar-refractivity contribution in [3.63, 3.8) is 0 Å². The van der Waals surface area contributed by atoms with Gasteiger partial charge in [-0.25, -0.2) is 0 Å². The summed E-state index contributed by atoms with van der Waals surface area (Å²) in [6, 6.07) is 36.9. The molecule has 0 spiro atoms. The number of ether oxygens (including phenoxy) is 1. The van der Waals surface area contributed by atoms with Crippen LogP contribution in [0.4, 0.5) is 5.69 Å². The van der Waals surface area contributed by atoms with Crippen molar-refractivity contribution in [1.29, 1.82) is 0 Å². The molecule has 0 heterocycles. The molecule has 0 N–H and O–H groups in total. The molecule has 188 valence electrons. The van der Waals surface area contributed by atoms with Gasteiger partial charge in [-0.1, -0.05) is 54.6 Å². The molecular weight excluding hydrogens is 601 g/mol. The third-order valence-electron chi connectivity index (χ3n) is 4.94. The SMILES string of the molecule is CC(C)Oc1ccc([N+](=O)[O-])cc1[CH]=[Ru]([Cl])[Cl].c1ccc([PH+](c2ccccc2)c2ccccc2)cc1. The fourth-order valence-corrected chi connectivity index (χ4v) is 7.85. The quantitative estimate of drug-likeness (QED) is 0.1000. The Kier molecular flexibility index (Phi) is 11.2. The van der Waals surface area contributed by atoms with Crippen molar-refractivity contribution < 1.29 is 23.2 Å². The Morgan fingerprint density at radius 1 is 0.806 bits per heavy atom. The second-order valence-corrected chi connectivity index (χ2v) is 16.1. The number of nitro groups is 1. The van der Waals surface area contributed by atoms with Gasteiger partial charge in [0, 0.05) is 0 Å². The van der Waals surface area contributed by atoms with Gasteiger partial charge >= 0.3 is 112 Å². The van der Waals surface area contributed by atoms with Crippen LogP contribution in [0.2, 0.25) is 0 Å². The van der Waals surface area contributed by atoms with Crippen LogP contribution in [-0.2, 0) is 13.5 Å². The maximum atomic E-state index is 10.7. The van der Waals surface area contributed by atoms with E-state index in [-0.39, 0.29) is 11.8 Å². The molecule has 36 heavy (non-hydrogen) atoms. The normalized spacial score (nSPS) is 10.9. The number of halogens is 2. The zero-order valence-corrected chi connectivity index (χ0v) is 24.1. The zero-order chi connectivity index (χ0) is 25.9. The second-order valence-electron chi connectivity index (χ2n) is 7.93. The van der Waals surface area contributed by atoms with Crippen LogP contribution in [0.15, 0.2) is 109 Å². The molecule has 0 atom stereocenters. The number of benzene rings is 4. The number of hydrogen-bond acceptors (Lipinski definition) is 3.